The molecule has 3 heterocycles. The number of pyridine rings is 1. The molecule has 0 spiro atoms. The predicted octanol–water partition coefficient (Wildman–Crippen LogP) is 7.30. The van der Waals surface area contributed by atoms with Crippen molar-refractivity contribution in [3.05, 3.63) is 156 Å². The van der Waals surface area contributed by atoms with Gasteiger partial charge in [-0.1, -0.05) is 72.4 Å². The molecule has 0 saturated heterocycles. The van der Waals surface area contributed by atoms with Gasteiger partial charge in [-0.05, 0) is 65.2 Å². The molecule has 6 heteroatoms. The van der Waals surface area contributed by atoms with Crippen LogP contribution in [0.1, 0.15) is 22.4 Å². The molecule has 0 amide bonds. The normalized spacial score (nSPS) is 13.4. The van der Waals surface area contributed by atoms with Gasteiger partial charge in [-0.3, -0.25) is 4.98 Å². The summed E-state index contributed by atoms with van der Waals surface area (Å²) in [5.41, 5.74) is 4.74. The highest BCUT2D eigenvalue weighted by Gasteiger charge is 2.45. The molecule has 38 heavy (non-hydrogen) atoms. The fourth-order valence-electron chi connectivity index (χ4n) is 5.26. The van der Waals surface area contributed by atoms with Gasteiger partial charge in [-0.25, -0.2) is 0 Å². The first-order valence-electron chi connectivity index (χ1n) is 12.4. The number of nitrogens with zero attached hydrogens (tertiary/aromatic N) is 4. The largest absolute Gasteiger partial charge is 0.457 e. The van der Waals surface area contributed by atoms with Crippen LogP contribution in [0.25, 0.3) is 5.69 Å². The minimum absolute atomic E-state index is 0.597. The number of rotatable bonds is 5. The maximum atomic E-state index is 6.41. The van der Waals surface area contributed by atoms with Crippen molar-refractivity contribution in [2.24, 2.45) is 0 Å². The van der Waals surface area contributed by atoms with E-state index in [0.717, 1.165) is 22.7 Å². The van der Waals surface area contributed by atoms with Crippen LogP contribution in [0, 0.1) is 0 Å². The van der Waals surface area contributed by atoms with E-state index in [4.69, 9.17) is 9.72 Å². The van der Waals surface area contributed by atoms with Gasteiger partial charge < -0.3 is 4.74 Å². The number of hydrogen-bond acceptors (Lipinski definition) is 5. The van der Waals surface area contributed by atoms with Crippen molar-refractivity contribution in [3.8, 4) is 17.2 Å². The smallest absolute Gasteiger partial charge is 0.129 e. The van der Waals surface area contributed by atoms with Crippen LogP contribution in [0.15, 0.2) is 144 Å². The van der Waals surface area contributed by atoms with Crippen LogP contribution in [0.3, 0.4) is 0 Å². The number of aromatic nitrogens is 4. The molecule has 182 valence electrons. The van der Waals surface area contributed by atoms with Crippen molar-refractivity contribution in [2.75, 3.05) is 0 Å². The second kappa shape index (κ2) is 9.32. The minimum atomic E-state index is -0.597. The molecule has 1 aliphatic rings. The van der Waals surface area contributed by atoms with Crippen molar-refractivity contribution in [3.63, 3.8) is 0 Å². The van der Waals surface area contributed by atoms with E-state index in [0.29, 0.717) is 5.75 Å². The summed E-state index contributed by atoms with van der Waals surface area (Å²) in [6.45, 7) is 0. The molecule has 7 rings (SSSR count). The topological polar surface area (TPSA) is 52.8 Å². The SMILES string of the molecule is c1ccc(C2(c3cccc(Oc4cccc(-n5nccn5)c4)c3)c3ccccc3Sc3ccccc32)nc1. The lowest BCUT2D eigenvalue weighted by atomic mass is 9.66. The van der Waals surface area contributed by atoms with E-state index in [1.807, 2.05) is 54.4 Å². The van der Waals surface area contributed by atoms with E-state index >= 15 is 0 Å². The number of fused-ring (bicyclic) bond motifs is 2. The van der Waals surface area contributed by atoms with E-state index in [9.17, 15) is 0 Å². The van der Waals surface area contributed by atoms with Gasteiger partial charge >= 0.3 is 0 Å². The highest BCUT2D eigenvalue weighted by molar-refractivity contribution is 7.99. The second-order valence-electron chi connectivity index (χ2n) is 9.01. The summed E-state index contributed by atoms with van der Waals surface area (Å²) in [7, 11) is 0. The van der Waals surface area contributed by atoms with E-state index in [-0.39, 0.29) is 0 Å². The zero-order chi connectivity index (χ0) is 25.4. The highest BCUT2D eigenvalue weighted by atomic mass is 32.2. The van der Waals surface area contributed by atoms with Gasteiger partial charge in [0.25, 0.3) is 0 Å². The number of ether oxygens (including phenoxy) is 1. The Morgan fingerprint density at radius 1 is 0.605 bits per heavy atom. The van der Waals surface area contributed by atoms with Crippen molar-refractivity contribution >= 4 is 11.8 Å². The molecule has 6 aromatic rings. The summed E-state index contributed by atoms with van der Waals surface area (Å²) in [6, 6.07) is 39.5. The summed E-state index contributed by atoms with van der Waals surface area (Å²) in [5, 5.41) is 8.47. The molecule has 1 aliphatic heterocycles. The Morgan fingerprint density at radius 2 is 1.26 bits per heavy atom. The average Bonchev–Trinajstić information content (AvgIpc) is 3.52. The van der Waals surface area contributed by atoms with Crippen LogP contribution < -0.4 is 4.74 Å². The van der Waals surface area contributed by atoms with Crippen LogP contribution in [0.4, 0.5) is 0 Å². The first-order chi connectivity index (χ1) is 18.8. The van der Waals surface area contributed by atoms with Crippen molar-refractivity contribution in [2.45, 2.75) is 15.2 Å². The lowest BCUT2D eigenvalue weighted by Crippen LogP contribution is -2.34. The van der Waals surface area contributed by atoms with Gasteiger partial charge in [0.1, 0.15) is 11.5 Å². The van der Waals surface area contributed by atoms with Gasteiger partial charge in [-0.15, -0.1) is 0 Å². The number of benzene rings is 4. The Hall–Kier alpha value is -4.68. The van der Waals surface area contributed by atoms with E-state index in [1.54, 1.807) is 17.2 Å². The summed E-state index contributed by atoms with van der Waals surface area (Å²) in [4.78, 5) is 8.96. The molecule has 0 saturated carbocycles. The fourth-order valence-corrected chi connectivity index (χ4v) is 6.46. The molecule has 0 N–H and O–H groups in total. The van der Waals surface area contributed by atoms with Crippen LogP contribution in [-0.4, -0.2) is 20.0 Å². The predicted molar refractivity (Wildman–Crippen MR) is 148 cm³/mol. The van der Waals surface area contributed by atoms with Gasteiger partial charge in [0.2, 0.25) is 0 Å². The molecule has 2 aromatic heterocycles. The lowest BCUT2D eigenvalue weighted by Gasteiger charge is -2.40. The van der Waals surface area contributed by atoms with Crippen LogP contribution >= 0.6 is 11.8 Å². The van der Waals surface area contributed by atoms with Crippen molar-refractivity contribution in [1.82, 2.24) is 20.0 Å². The molecule has 4 aromatic carbocycles. The van der Waals surface area contributed by atoms with Crippen LogP contribution in [0.5, 0.6) is 11.5 Å². The average molecular weight is 511 g/mol. The summed E-state index contributed by atoms with van der Waals surface area (Å²) in [5.74, 6) is 1.46. The Bertz CT molecular complexity index is 1690. The maximum absolute atomic E-state index is 6.41. The van der Waals surface area contributed by atoms with E-state index in [1.165, 1.54) is 20.9 Å². The lowest BCUT2D eigenvalue weighted by molar-refractivity contribution is 0.480. The van der Waals surface area contributed by atoms with Crippen LogP contribution in [0.2, 0.25) is 0 Å². The molecular weight excluding hydrogens is 488 g/mol. The molecule has 0 aliphatic carbocycles. The Balaban J connectivity index is 1.41. The molecule has 0 atom stereocenters. The van der Waals surface area contributed by atoms with Gasteiger partial charge in [0, 0.05) is 22.1 Å². The Morgan fingerprint density at radius 3 is 1.97 bits per heavy atom. The third kappa shape index (κ3) is 3.69. The third-order valence-electron chi connectivity index (χ3n) is 6.82. The summed E-state index contributed by atoms with van der Waals surface area (Å²) in [6.07, 6.45) is 5.19. The van der Waals surface area contributed by atoms with Crippen LogP contribution in [-0.2, 0) is 5.41 Å². The first-order valence-corrected chi connectivity index (χ1v) is 13.2. The molecule has 0 fully saturated rings. The fraction of sp³-hybridized carbons (Fsp3) is 0.0312. The standard InChI is InChI=1S/C32H22N4OS/c1-3-15-29-27(13-1)32(31-17-5-6-18-33-31,28-14-2-4-16-30(28)38-29)23-9-7-11-25(21-23)37-26-12-8-10-24(22-26)36-34-19-20-35-36/h1-22H. The molecule has 0 unspecified atom stereocenters. The van der Waals surface area contributed by atoms with Crippen molar-refractivity contribution < 1.29 is 4.74 Å². The quantitative estimate of drug-likeness (QED) is 0.243. The zero-order valence-electron chi connectivity index (χ0n) is 20.3. The molecule has 0 radical (unpaired) electrons. The number of hydrogen-bond donors (Lipinski definition) is 0. The Kier molecular flexibility index (Phi) is 5.52. The monoisotopic (exact) mass is 510 g/mol. The molecular formula is C32H22N4OS. The maximum Gasteiger partial charge on any atom is 0.129 e. The summed E-state index contributed by atoms with van der Waals surface area (Å²) >= 11 is 1.81. The molecule has 5 nitrogen and oxygen atoms in total. The van der Waals surface area contributed by atoms with E-state index in [2.05, 4.69) is 89.1 Å². The molecule has 0 bridgehead atoms. The Labute approximate surface area is 224 Å². The highest BCUT2D eigenvalue weighted by Crippen LogP contribution is 2.55. The third-order valence-corrected chi connectivity index (χ3v) is 7.97. The van der Waals surface area contributed by atoms with Gasteiger partial charge in [-0.2, -0.15) is 15.0 Å². The van der Waals surface area contributed by atoms with E-state index < -0.39 is 5.41 Å². The first kappa shape index (κ1) is 22.5. The van der Waals surface area contributed by atoms with Gasteiger partial charge in [0.15, 0.2) is 0 Å². The minimum Gasteiger partial charge on any atom is -0.457 e. The second-order valence-corrected chi connectivity index (χ2v) is 10.1. The summed E-state index contributed by atoms with van der Waals surface area (Å²) < 4.78 is 6.41. The van der Waals surface area contributed by atoms with Crippen molar-refractivity contribution in [1.29, 1.82) is 0 Å². The van der Waals surface area contributed by atoms with Gasteiger partial charge in [0.05, 0.1) is 29.2 Å². The zero-order valence-corrected chi connectivity index (χ0v) is 21.1.